The molecule has 0 N–H and O–H groups in total. The highest BCUT2D eigenvalue weighted by molar-refractivity contribution is 7.78. The van der Waals surface area contributed by atoms with Crippen molar-refractivity contribution in [2.45, 2.75) is 58.5 Å². The summed E-state index contributed by atoms with van der Waals surface area (Å²) < 4.78 is 294. The van der Waals surface area contributed by atoms with E-state index in [1.165, 1.54) is 0 Å². The van der Waals surface area contributed by atoms with Gasteiger partial charge >= 0.3 is 0 Å². The first kappa shape index (κ1) is 51.5. The lowest BCUT2D eigenvalue weighted by Gasteiger charge is -2.44. The van der Waals surface area contributed by atoms with Gasteiger partial charge in [0.15, 0.2) is 75.6 Å². The van der Waals surface area contributed by atoms with Gasteiger partial charge in [-0.25, -0.2) is 87.8 Å². The van der Waals surface area contributed by atoms with E-state index in [1.807, 2.05) is 30.3 Å². The molecule has 0 atom stereocenters. The second-order valence-corrected chi connectivity index (χ2v) is 20.4. The van der Waals surface area contributed by atoms with Crippen LogP contribution in [0.2, 0.25) is 0 Å². The highest BCUT2D eigenvalue weighted by Crippen LogP contribution is 2.70. The van der Waals surface area contributed by atoms with Crippen LogP contribution in [0.1, 0.15) is 51.9 Å². The largest absolute Gasteiger partial charge is 0.290 e. The summed E-state index contributed by atoms with van der Waals surface area (Å²) in [7, 11) is -1.28. The molecule has 0 aliphatic heterocycles. The van der Waals surface area contributed by atoms with Crippen LogP contribution in [-0.4, -0.2) is 35.1 Å². The summed E-state index contributed by atoms with van der Waals surface area (Å²) in [6.45, 7) is 13.8. The predicted molar refractivity (Wildman–Crippen MR) is 197 cm³/mol. The lowest BCUT2D eigenvalue weighted by molar-refractivity contribution is 0.102. The molecule has 0 amide bonds. The average Bonchev–Trinajstić information content (AvgIpc) is 3.25. The summed E-state index contributed by atoms with van der Waals surface area (Å²) >= 11 is 0. The molecule has 0 fully saturated rings. The van der Waals surface area contributed by atoms with Crippen molar-refractivity contribution in [1.29, 1.82) is 0 Å². The zero-order chi connectivity index (χ0) is 49.0. The number of hydrogen-bond donors (Lipinski definition) is 0. The zero-order valence-electron chi connectivity index (χ0n) is 33.3. The van der Waals surface area contributed by atoms with Crippen LogP contribution in [0, 0.1) is 116 Å². The molecule has 5 aromatic rings. The molecule has 346 valence electrons. The molecule has 64 heavy (non-hydrogen) atoms. The third-order valence-electron chi connectivity index (χ3n) is 11.1. The minimum atomic E-state index is -7.22. The molecule has 0 aliphatic rings. The van der Waals surface area contributed by atoms with Crippen molar-refractivity contribution in [2.75, 3.05) is 6.16 Å². The van der Waals surface area contributed by atoms with Crippen molar-refractivity contribution in [3.63, 3.8) is 0 Å². The minimum Gasteiger partial charge on any atom is -0.290 e. The van der Waals surface area contributed by atoms with Crippen LogP contribution < -0.4 is 21.9 Å². The molecule has 0 bridgehead atoms. The minimum absolute atomic E-state index is 0.324. The van der Waals surface area contributed by atoms with Gasteiger partial charge < -0.3 is 0 Å². The first-order valence-corrected chi connectivity index (χ1v) is 20.4. The Morgan fingerprint density at radius 3 is 0.734 bits per heavy atom. The Hall–Kier alpha value is -5.14. The molecule has 0 radical (unpaired) electrons. The number of benzene rings is 5. The second kappa shape index (κ2) is 18.8. The highest BCUT2D eigenvalue weighted by Gasteiger charge is 2.53. The van der Waals surface area contributed by atoms with Gasteiger partial charge in [-0.1, -0.05) is 30.3 Å². The van der Waals surface area contributed by atoms with Gasteiger partial charge in [0, 0.05) is 12.8 Å². The SMILES string of the molecule is CC(C)[P+](CC(=O)c1ccccc1)(C(C)C)C(C)C.Fc1c(F)c(F)c([B-](c2c(F)c(F)c(F)c(F)c2F)(c2c(F)c(F)c(F)c(F)c2F)c2c(F)c(F)c(F)c(F)c2F)c(F)c1F. The van der Waals surface area contributed by atoms with Crippen molar-refractivity contribution in [3.05, 3.63) is 152 Å². The Bertz CT molecular complexity index is 2250. The van der Waals surface area contributed by atoms with Crippen molar-refractivity contribution < 1.29 is 92.6 Å². The Morgan fingerprint density at radius 2 is 0.547 bits per heavy atom. The van der Waals surface area contributed by atoms with Gasteiger partial charge in [-0.3, -0.25) is 4.79 Å². The second-order valence-electron chi connectivity index (χ2n) is 15.0. The monoisotopic (exact) mass is 958 g/mol. The number of rotatable bonds is 10. The smallest absolute Gasteiger partial charge is 0.200 e. The number of Topliss-reactive ketones (excluding diaryl/α,β-unsaturated/α-hetero) is 1. The molecular formula is C41H28BF20OP. The molecule has 1 nitrogen and oxygen atoms in total. The van der Waals surface area contributed by atoms with E-state index in [1.54, 1.807) is 0 Å². The summed E-state index contributed by atoms with van der Waals surface area (Å²) in [6, 6.07) is 9.75. The van der Waals surface area contributed by atoms with Crippen molar-refractivity contribution in [2.24, 2.45) is 0 Å². The first-order valence-electron chi connectivity index (χ1n) is 18.2. The molecule has 0 unspecified atom stereocenters. The van der Waals surface area contributed by atoms with E-state index in [0.29, 0.717) is 22.8 Å². The van der Waals surface area contributed by atoms with Gasteiger partial charge in [0.05, 0.1) is 17.0 Å². The number of carbonyl (C=O) groups is 1. The van der Waals surface area contributed by atoms with E-state index in [-0.39, 0.29) is 0 Å². The van der Waals surface area contributed by atoms with Crippen molar-refractivity contribution in [3.8, 4) is 0 Å². The third-order valence-corrected chi connectivity index (χ3v) is 17.7. The van der Waals surface area contributed by atoms with E-state index in [2.05, 4.69) is 41.5 Å². The molecule has 0 saturated heterocycles. The topological polar surface area (TPSA) is 17.1 Å². The maximum atomic E-state index is 15.4. The molecular weight excluding hydrogens is 930 g/mol. The molecule has 0 spiro atoms. The fourth-order valence-corrected chi connectivity index (χ4v) is 13.5. The van der Waals surface area contributed by atoms with Crippen LogP contribution in [0.25, 0.3) is 0 Å². The van der Waals surface area contributed by atoms with Gasteiger partial charge in [0.2, 0.25) is 0 Å². The molecule has 0 heterocycles. The fraction of sp³-hybridized carbons (Fsp3) is 0.244. The van der Waals surface area contributed by atoms with Crippen LogP contribution in [0.15, 0.2) is 30.3 Å². The molecule has 0 aliphatic carbocycles. The maximum absolute atomic E-state index is 15.4. The third kappa shape index (κ3) is 7.90. The van der Waals surface area contributed by atoms with E-state index in [9.17, 15) is 57.5 Å². The number of hydrogen-bond acceptors (Lipinski definition) is 1. The lowest BCUT2D eigenvalue weighted by atomic mass is 9.12. The van der Waals surface area contributed by atoms with Gasteiger partial charge in [0.1, 0.15) is 58.8 Å². The van der Waals surface area contributed by atoms with Gasteiger partial charge in [-0.2, -0.15) is 0 Å². The molecule has 23 heteroatoms. The zero-order valence-corrected chi connectivity index (χ0v) is 34.2. The van der Waals surface area contributed by atoms with Gasteiger partial charge in [0.25, 0.3) is 0 Å². The van der Waals surface area contributed by atoms with Crippen molar-refractivity contribution in [1.82, 2.24) is 0 Å². The Balaban J connectivity index is 0.000000395. The highest BCUT2D eigenvalue weighted by atomic mass is 31.2. The number of ketones is 1. The van der Waals surface area contributed by atoms with Crippen LogP contribution in [0.5, 0.6) is 0 Å². The Morgan fingerprint density at radius 1 is 0.359 bits per heavy atom. The Labute approximate surface area is 350 Å². The number of carbonyl (C=O) groups excluding carboxylic acids is 1. The predicted octanol–water partition coefficient (Wildman–Crippen LogP) is 11.0. The summed E-state index contributed by atoms with van der Waals surface area (Å²) in [5, 5.41) is 0. The van der Waals surface area contributed by atoms with Crippen LogP contribution in [0.4, 0.5) is 87.8 Å². The quantitative estimate of drug-likeness (QED) is 0.0340. The summed E-state index contributed by atoms with van der Waals surface area (Å²) in [6.07, 6.45) is -6.46. The number of halogens is 20. The standard InChI is InChI=1S/C24BF20.C17H28OP/c26-5-1(6(27)14(35)21(42)13(5)34)25(2-7(28)15(36)22(43)16(37)8(2)29,3-9(30)17(38)23(44)18(39)10(3)31)4-11(32)19(40)24(45)20(41)12(4)33;1-13(2)19(14(3)4,15(5)6)12-17(18)16-10-8-7-9-11-16/h;7-11,13-15H,12H2,1-6H3/q-1;+1. The van der Waals surface area contributed by atoms with E-state index < -0.39 is 152 Å². The lowest BCUT2D eigenvalue weighted by Crippen LogP contribution is -2.81. The summed E-state index contributed by atoms with van der Waals surface area (Å²) in [5.41, 5.74) is -11.6. The summed E-state index contributed by atoms with van der Waals surface area (Å²) in [4.78, 5) is 12.6. The van der Waals surface area contributed by atoms with Crippen LogP contribution >= 0.6 is 7.26 Å². The van der Waals surface area contributed by atoms with E-state index >= 15 is 35.1 Å². The van der Waals surface area contributed by atoms with Gasteiger partial charge in [-0.15, -0.1) is 21.9 Å². The maximum Gasteiger partial charge on any atom is 0.200 e. The molecule has 5 aromatic carbocycles. The molecule has 5 rings (SSSR count). The Kier molecular flexibility index (Phi) is 15.1. The van der Waals surface area contributed by atoms with Crippen molar-refractivity contribution >= 4 is 41.0 Å². The molecule has 0 saturated carbocycles. The summed E-state index contributed by atoms with van der Waals surface area (Å²) in [5.74, 6) is -71.1. The fourth-order valence-electron chi connectivity index (χ4n) is 8.17. The van der Waals surface area contributed by atoms with E-state index in [4.69, 9.17) is 0 Å². The van der Waals surface area contributed by atoms with Gasteiger partial charge in [-0.05, 0) is 41.5 Å². The molecule has 0 aromatic heterocycles. The average molecular weight is 958 g/mol. The van der Waals surface area contributed by atoms with E-state index in [0.717, 1.165) is 11.7 Å². The van der Waals surface area contributed by atoms with Crippen LogP contribution in [-0.2, 0) is 0 Å². The van der Waals surface area contributed by atoms with Crippen LogP contribution in [0.3, 0.4) is 0 Å². The first-order chi connectivity index (χ1) is 29.5. The normalized spacial score (nSPS) is 12.1.